The van der Waals surface area contributed by atoms with Gasteiger partial charge in [0, 0.05) is 16.5 Å². The van der Waals surface area contributed by atoms with E-state index in [1.54, 1.807) is 0 Å². The van der Waals surface area contributed by atoms with Gasteiger partial charge >= 0.3 is 285 Å². The van der Waals surface area contributed by atoms with E-state index in [1.165, 1.54) is 99.0 Å². The van der Waals surface area contributed by atoms with Gasteiger partial charge in [-0.2, -0.15) is 0 Å². The fourth-order valence-electron chi connectivity index (χ4n) is 9.82. The second kappa shape index (κ2) is 16.8. The average molecular weight is 867 g/mol. The van der Waals surface area contributed by atoms with Gasteiger partial charge in [0.2, 0.25) is 0 Å². The summed E-state index contributed by atoms with van der Waals surface area (Å²) in [5.41, 5.74) is 12.4. The Morgan fingerprint density at radius 1 is 0.565 bits per heavy atom. The van der Waals surface area contributed by atoms with Crippen molar-refractivity contribution in [3.63, 3.8) is 0 Å². The van der Waals surface area contributed by atoms with Crippen LogP contribution >= 0.6 is 0 Å². The van der Waals surface area contributed by atoms with E-state index in [0.717, 1.165) is 49.3 Å². The Morgan fingerprint density at radius 2 is 1.21 bits per heavy atom. The summed E-state index contributed by atoms with van der Waals surface area (Å²) in [7, 11) is 0. The van der Waals surface area contributed by atoms with Gasteiger partial charge in [0.1, 0.15) is 0 Å². The van der Waals surface area contributed by atoms with Crippen LogP contribution in [0.4, 0.5) is 11.4 Å². The Morgan fingerprint density at radius 3 is 1.92 bits per heavy atom. The Kier molecular flexibility index (Phi) is 10.4. The molecule has 0 bridgehead atoms. The van der Waals surface area contributed by atoms with Gasteiger partial charge in [0.25, 0.3) is 0 Å². The first-order valence-corrected chi connectivity index (χ1v) is 24.0. The summed E-state index contributed by atoms with van der Waals surface area (Å²) in [5.74, 6) is 0. The molecule has 1 aromatic heterocycles. The molecule has 8 aromatic carbocycles. The predicted molar refractivity (Wildman–Crippen MR) is 267 cm³/mol. The third kappa shape index (κ3) is 6.89. The molecule has 0 aliphatic heterocycles. The molecule has 0 atom stereocenters. The number of nitrogens with zero attached hydrogens (tertiary/aromatic N) is 2. The van der Waals surface area contributed by atoms with Crippen LogP contribution in [0, 0.1) is 0 Å². The van der Waals surface area contributed by atoms with Gasteiger partial charge in [0.15, 0.2) is 0 Å². The zero-order valence-corrected chi connectivity index (χ0v) is 36.9. The molecule has 1 heterocycles. The van der Waals surface area contributed by atoms with Crippen LogP contribution in [0.1, 0.15) is 45.4 Å². The summed E-state index contributed by atoms with van der Waals surface area (Å²) in [6, 6.07) is 59.0. The molecule has 0 spiro atoms. The minimum absolute atomic E-state index is 0.189. The number of hydrogen-bond acceptors (Lipinski definition) is 2. The predicted octanol–water partition coefficient (Wildman–Crippen LogP) is 12.8. The van der Waals surface area contributed by atoms with Crippen molar-refractivity contribution in [3.8, 4) is 27.9 Å². The molecule has 9 aromatic rings. The third-order valence-corrected chi connectivity index (χ3v) is 14.5. The molecule has 0 radical (unpaired) electrons. The Labute approximate surface area is 370 Å². The standard InChI is InChI=1S/C58H49N3Se/c1-2-3-38-59-62-46-36-37-53-54(39-46)57(51-23-9-10-24-52(51)58(53)50-25-15-17-40-16-7-8-20-47(40)50)41-28-30-43(31-29-41)60(42-18-5-4-6-19-42)44-32-34-45(35-33-44)61-55-26-13-11-21-48(55)49-22-12-14-27-56(49)61/h5,7-8,11-37,39,59H,2-4,6,9-10,38H2,1H3. The van der Waals surface area contributed by atoms with E-state index < -0.39 is 0 Å². The summed E-state index contributed by atoms with van der Waals surface area (Å²) in [5, 5.41) is 10.5. The van der Waals surface area contributed by atoms with E-state index in [2.05, 4.69) is 209 Å². The van der Waals surface area contributed by atoms with Gasteiger partial charge in [-0.3, -0.25) is 0 Å². The van der Waals surface area contributed by atoms with Crippen molar-refractivity contribution in [1.82, 2.24) is 8.90 Å². The fraction of sp³-hybridized carbons (Fsp3) is 0.138. The van der Waals surface area contributed by atoms with Crippen LogP contribution < -0.4 is 24.1 Å². The molecule has 0 saturated heterocycles. The van der Waals surface area contributed by atoms with Gasteiger partial charge in [-0.15, -0.1) is 0 Å². The number of aromatic nitrogens is 1. The SMILES string of the molecule is CCCCN[Se]c1ccc2c(-c3cccc4ccccc34)c3c(c(-c4ccc(N(C5=CCCC=C5)c5ccc(-n6c7ccccc7c7ccccc76)cc5)cc4)c2c1)=CCCC=3. The van der Waals surface area contributed by atoms with E-state index in [1.807, 2.05) is 0 Å². The molecule has 0 amide bonds. The molecule has 2 aliphatic rings. The molecule has 62 heavy (non-hydrogen) atoms. The van der Waals surface area contributed by atoms with Crippen molar-refractivity contribution < 1.29 is 0 Å². The molecule has 2 aliphatic carbocycles. The fourth-order valence-corrected chi connectivity index (χ4v) is 11.3. The van der Waals surface area contributed by atoms with Crippen molar-refractivity contribution >= 4 is 86.5 Å². The van der Waals surface area contributed by atoms with Crippen LogP contribution in [0.5, 0.6) is 0 Å². The number of allylic oxidation sites excluding steroid dienone is 3. The van der Waals surface area contributed by atoms with Crippen LogP contribution in [0.3, 0.4) is 0 Å². The molecule has 0 fully saturated rings. The molecule has 0 saturated carbocycles. The summed E-state index contributed by atoms with van der Waals surface area (Å²) in [6.45, 7) is 3.32. The molecule has 4 heteroatoms. The summed E-state index contributed by atoms with van der Waals surface area (Å²) in [4.78, 5) is 2.43. The van der Waals surface area contributed by atoms with Gasteiger partial charge < -0.3 is 4.57 Å². The number of anilines is 2. The number of unbranched alkanes of at least 4 members (excludes halogenated alkanes) is 1. The number of fused-ring (bicyclic) bond motifs is 6. The normalized spacial score (nSPS) is 13.6. The quantitative estimate of drug-likeness (QED) is 0.103. The van der Waals surface area contributed by atoms with Crippen LogP contribution in [-0.4, -0.2) is 26.3 Å². The molecule has 3 nitrogen and oxygen atoms in total. The van der Waals surface area contributed by atoms with Gasteiger partial charge in [-0.05, 0) is 18.6 Å². The maximum atomic E-state index is 3.78. The van der Waals surface area contributed by atoms with Gasteiger partial charge in [-0.1, -0.05) is 36.4 Å². The molecular weight excluding hydrogens is 818 g/mol. The van der Waals surface area contributed by atoms with Crippen molar-refractivity contribution in [1.29, 1.82) is 0 Å². The summed E-state index contributed by atoms with van der Waals surface area (Å²) in [6.07, 6.45) is 18.6. The molecule has 1 N–H and O–H groups in total. The number of benzene rings is 8. The second-order valence-electron chi connectivity index (χ2n) is 16.5. The Hall–Kier alpha value is -6.42. The van der Waals surface area contributed by atoms with Crippen molar-refractivity contribution in [2.45, 2.75) is 45.4 Å². The van der Waals surface area contributed by atoms with E-state index >= 15 is 0 Å². The Bertz CT molecular complexity index is 3280. The number of para-hydroxylation sites is 2. The molecular formula is C58H49N3Se. The zero-order valence-electron chi connectivity index (χ0n) is 35.2. The van der Waals surface area contributed by atoms with Crippen molar-refractivity contribution in [2.24, 2.45) is 0 Å². The zero-order chi connectivity index (χ0) is 41.4. The van der Waals surface area contributed by atoms with E-state index in [4.69, 9.17) is 0 Å². The molecule has 0 unspecified atom stereocenters. The number of rotatable bonds is 11. The van der Waals surface area contributed by atoms with Gasteiger partial charge in [-0.25, -0.2) is 0 Å². The first-order valence-electron chi connectivity index (χ1n) is 22.3. The first-order chi connectivity index (χ1) is 30.7. The van der Waals surface area contributed by atoms with Crippen LogP contribution in [-0.2, 0) is 0 Å². The topological polar surface area (TPSA) is 20.2 Å². The Balaban J connectivity index is 1.04. The van der Waals surface area contributed by atoms with E-state index in [9.17, 15) is 0 Å². The number of nitrogens with one attached hydrogen (secondary N) is 1. The van der Waals surface area contributed by atoms with Crippen LogP contribution in [0.2, 0.25) is 0 Å². The monoisotopic (exact) mass is 867 g/mol. The second-order valence-corrected chi connectivity index (χ2v) is 18.5. The maximum absolute atomic E-state index is 3.78. The molecule has 11 rings (SSSR count). The van der Waals surface area contributed by atoms with Crippen molar-refractivity contribution in [3.05, 3.63) is 192 Å². The first kappa shape index (κ1) is 38.5. The van der Waals surface area contributed by atoms with E-state index in [0.29, 0.717) is 0 Å². The molecule has 302 valence electrons. The van der Waals surface area contributed by atoms with E-state index in [-0.39, 0.29) is 15.2 Å². The minimum atomic E-state index is 0.189. The summed E-state index contributed by atoms with van der Waals surface area (Å²) < 4.78 is 7.56. The van der Waals surface area contributed by atoms with Crippen LogP contribution in [0.15, 0.2) is 182 Å². The van der Waals surface area contributed by atoms with Gasteiger partial charge in [0.05, 0.1) is 11.0 Å². The summed E-state index contributed by atoms with van der Waals surface area (Å²) >= 11 is 0.189. The van der Waals surface area contributed by atoms with Crippen molar-refractivity contribution in [2.75, 3.05) is 11.4 Å². The third-order valence-electron chi connectivity index (χ3n) is 12.7. The van der Waals surface area contributed by atoms with Crippen LogP contribution in [0.25, 0.3) is 83.4 Å². The number of hydrogen-bond donors (Lipinski definition) is 1. The average Bonchev–Trinajstić information content (AvgIpc) is 3.67.